The maximum Gasteiger partial charge on any atom is 0.169 e. The van der Waals surface area contributed by atoms with Crippen LogP contribution in [0.25, 0.3) is 5.82 Å². The zero-order valence-electron chi connectivity index (χ0n) is 13.4. The van der Waals surface area contributed by atoms with Crippen molar-refractivity contribution in [1.29, 1.82) is 0 Å². The van der Waals surface area contributed by atoms with Gasteiger partial charge < -0.3 is 0 Å². The maximum absolute atomic E-state index is 11.5. The van der Waals surface area contributed by atoms with Crippen LogP contribution in [0.2, 0.25) is 0 Å². The number of Topliss-reactive ketones (excluding diaryl/α,β-unsaturated/α-hetero) is 1. The first-order valence-electron chi connectivity index (χ1n) is 7.50. The molecule has 3 rings (SSSR count). The van der Waals surface area contributed by atoms with Crippen molar-refractivity contribution in [3.8, 4) is 5.82 Å². The highest BCUT2D eigenvalue weighted by Gasteiger charge is 2.16. The molecule has 118 valence electrons. The lowest BCUT2D eigenvalue weighted by atomic mass is 10.2. The first-order valence-corrected chi connectivity index (χ1v) is 8.38. The van der Waals surface area contributed by atoms with Gasteiger partial charge in [-0.25, -0.2) is 9.97 Å². The summed E-state index contributed by atoms with van der Waals surface area (Å²) < 4.78 is 1.79. The van der Waals surface area contributed by atoms with Gasteiger partial charge in [0.2, 0.25) is 0 Å². The van der Waals surface area contributed by atoms with Gasteiger partial charge in [-0.2, -0.15) is 4.68 Å². The van der Waals surface area contributed by atoms with Gasteiger partial charge in [0.15, 0.2) is 17.4 Å². The van der Waals surface area contributed by atoms with Crippen LogP contribution in [0.15, 0.2) is 35.8 Å². The monoisotopic (exact) mass is 326 g/mol. The van der Waals surface area contributed by atoms with Gasteiger partial charge in [0, 0.05) is 18.5 Å². The van der Waals surface area contributed by atoms with E-state index < -0.39 is 0 Å². The first kappa shape index (κ1) is 15.6. The average Bonchev–Trinajstić information content (AvgIpc) is 3.16. The molecule has 0 saturated heterocycles. The van der Waals surface area contributed by atoms with Crippen LogP contribution in [0.3, 0.4) is 0 Å². The highest BCUT2D eigenvalue weighted by atomic mass is 32.1. The number of thiophene rings is 1. The van der Waals surface area contributed by atoms with Crippen molar-refractivity contribution in [2.45, 2.75) is 33.1 Å². The molecule has 0 aliphatic heterocycles. The molecular formula is C17H18N4OS. The van der Waals surface area contributed by atoms with E-state index in [1.807, 2.05) is 29.6 Å². The molecular weight excluding hydrogens is 308 g/mol. The summed E-state index contributed by atoms with van der Waals surface area (Å²) in [6.07, 6.45) is 2.37. The van der Waals surface area contributed by atoms with Crippen molar-refractivity contribution in [2.24, 2.45) is 0 Å². The molecule has 3 aromatic heterocycles. The number of carbonyl (C=O) groups is 1. The molecule has 0 fully saturated rings. The summed E-state index contributed by atoms with van der Waals surface area (Å²) in [6.45, 7) is 5.73. The molecule has 0 saturated carbocycles. The van der Waals surface area contributed by atoms with Crippen LogP contribution in [0.4, 0.5) is 0 Å². The van der Waals surface area contributed by atoms with Crippen molar-refractivity contribution < 1.29 is 4.79 Å². The summed E-state index contributed by atoms with van der Waals surface area (Å²) in [5.74, 6) is 2.72. The van der Waals surface area contributed by atoms with Gasteiger partial charge in [0.1, 0.15) is 5.82 Å². The molecule has 3 heterocycles. The minimum atomic E-state index is 0.0929. The summed E-state index contributed by atoms with van der Waals surface area (Å²) >= 11 is 1.47. The van der Waals surface area contributed by atoms with E-state index >= 15 is 0 Å². The van der Waals surface area contributed by atoms with Crippen LogP contribution >= 0.6 is 11.3 Å². The van der Waals surface area contributed by atoms with E-state index in [9.17, 15) is 4.79 Å². The molecule has 0 aliphatic rings. The molecule has 0 atom stereocenters. The van der Waals surface area contributed by atoms with E-state index in [1.165, 1.54) is 11.3 Å². The molecule has 23 heavy (non-hydrogen) atoms. The largest absolute Gasteiger partial charge is 0.294 e. The summed E-state index contributed by atoms with van der Waals surface area (Å²) in [5.41, 5.74) is 1.07. The fraction of sp³-hybridized carbons (Fsp3) is 0.294. The third-order valence-electron chi connectivity index (χ3n) is 3.44. The van der Waals surface area contributed by atoms with Gasteiger partial charge in [-0.15, -0.1) is 16.4 Å². The van der Waals surface area contributed by atoms with Gasteiger partial charge >= 0.3 is 0 Å². The second kappa shape index (κ2) is 6.42. The average molecular weight is 326 g/mol. The van der Waals surface area contributed by atoms with Gasteiger partial charge in [0.25, 0.3) is 0 Å². The minimum Gasteiger partial charge on any atom is -0.294 e. The minimum absolute atomic E-state index is 0.0929. The second-order valence-corrected chi connectivity index (χ2v) is 6.60. The Labute approximate surface area is 139 Å². The molecule has 0 aliphatic carbocycles. The normalized spacial score (nSPS) is 11.1. The zero-order chi connectivity index (χ0) is 16.4. The Morgan fingerprint density at radius 1 is 1.35 bits per heavy atom. The van der Waals surface area contributed by atoms with Crippen molar-refractivity contribution in [3.63, 3.8) is 0 Å². The highest BCUT2D eigenvalue weighted by molar-refractivity contribution is 7.12. The Morgan fingerprint density at radius 2 is 2.17 bits per heavy atom. The molecule has 6 heteroatoms. The standard InChI is InChI=1S/C17H18N4OS/c1-11(2)17-19-16(9-13-8-14(12(3)22)23-10-13)21(20-17)15-6-4-5-7-18-15/h4-8,10-11H,9H2,1-3H3. The molecule has 3 aromatic rings. The lowest BCUT2D eigenvalue weighted by molar-refractivity contribution is 0.102. The third-order valence-corrected chi connectivity index (χ3v) is 4.52. The summed E-state index contributed by atoms with van der Waals surface area (Å²) in [4.78, 5) is 21.3. The highest BCUT2D eigenvalue weighted by Crippen LogP contribution is 2.20. The topological polar surface area (TPSA) is 60.7 Å². The number of nitrogens with zero attached hydrogens (tertiary/aromatic N) is 4. The van der Waals surface area contributed by atoms with Crippen LogP contribution in [-0.4, -0.2) is 25.5 Å². The fourth-order valence-corrected chi connectivity index (χ4v) is 3.03. The molecule has 0 amide bonds. The molecule has 0 radical (unpaired) electrons. The summed E-state index contributed by atoms with van der Waals surface area (Å²) in [7, 11) is 0. The number of pyridine rings is 1. The lowest BCUT2D eigenvalue weighted by Crippen LogP contribution is -2.05. The van der Waals surface area contributed by atoms with Crippen LogP contribution in [-0.2, 0) is 6.42 Å². The van der Waals surface area contributed by atoms with Gasteiger partial charge in [-0.3, -0.25) is 4.79 Å². The first-order chi connectivity index (χ1) is 11.0. The van der Waals surface area contributed by atoms with E-state index in [1.54, 1.807) is 17.8 Å². The van der Waals surface area contributed by atoms with E-state index in [0.717, 1.165) is 27.9 Å². The molecule has 5 nitrogen and oxygen atoms in total. The quantitative estimate of drug-likeness (QED) is 0.672. The van der Waals surface area contributed by atoms with E-state index in [4.69, 9.17) is 0 Å². The van der Waals surface area contributed by atoms with Gasteiger partial charge in [-0.05, 0) is 36.1 Å². The van der Waals surface area contributed by atoms with Crippen LogP contribution in [0.1, 0.15) is 53.6 Å². The molecule has 0 unspecified atom stereocenters. The van der Waals surface area contributed by atoms with Gasteiger partial charge in [0.05, 0.1) is 4.88 Å². The molecule has 0 aromatic carbocycles. The van der Waals surface area contributed by atoms with Crippen molar-refractivity contribution >= 4 is 17.1 Å². The zero-order valence-corrected chi connectivity index (χ0v) is 14.2. The van der Waals surface area contributed by atoms with Crippen LogP contribution in [0.5, 0.6) is 0 Å². The third kappa shape index (κ3) is 3.37. The smallest absolute Gasteiger partial charge is 0.169 e. The fourth-order valence-electron chi connectivity index (χ4n) is 2.22. The lowest BCUT2D eigenvalue weighted by Gasteiger charge is -2.03. The Bertz CT molecular complexity index is 820. The second-order valence-electron chi connectivity index (χ2n) is 5.69. The number of hydrogen-bond acceptors (Lipinski definition) is 5. The Hall–Kier alpha value is -2.34. The molecule has 0 N–H and O–H groups in total. The van der Waals surface area contributed by atoms with Crippen molar-refractivity contribution in [1.82, 2.24) is 19.7 Å². The Balaban J connectivity index is 1.98. The van der Waals surface area contributed by atoms with Crippen LogP contribution in [0, 0.1) is 0 Å². The summed E-state index contributed by atoms with van der Waals surface area (Å²) in [6, 6.07) is 7.65. The van der Waals surface area contributed by atoms with Crippen molar-refractivity contribution in [2.75, 3.05) is 0 Å². The number of rotatable bonds is 5. The van der Waals surface area contributed by atoms with Gasteiger partial charge in [-0.1, -0.05) is 19.9 Å². The SMILES string of the molecule is CC(=O)c1cc(Cc2nc(C(C)C)nn2-c2ccccn2)cs1. The predicted molar refractivity (Wildman–Crippen MR) is 90.4 cm³/mol. The number of carbonyl (C=O) groups excluding carboxylic acids is 1. The number of hydrogen-bond donors (Lipinski definition) is 0. The number of ketones is 1. The predicted octanol–water partition coefficient (Wildman–Crippen LogP) is 3.64. The van der Waals surface area contributed by atoms with Crippen molar-refractivity contribution in [3.05, 3.63) is 57.9 Å². The maximum atomic E-state index is 11.5. The van der Waals surface area contributed by atoms with E-state index in [-0.39, 0.29) is 11.7 Å². The molecule has 0 bridgehead atoms. The Kier molecular flexibility index (Phi) is 4.34. The number of aromatic nitrogens is 4. The van der Waals surface area contributed by atoms with Crippen LogP contribution < -0.4 is 0 Å². The van der Waals surface area contributed by atoms with E-state index in [2.05, 4.69) is 28.9 Å². The molecule has 0 spiro atoms. The van der Waals surface area contributed by atoms with E-state index in [0.29, 0.717) is 6.42 Å². The Morgan fingerprint density at radius 3 is 2.78 bits per heavy atom. The summed E-state index contributed by atoms with van der Waals surface area (Å²) in [5, 5.41) is 6.60.